The van der Waals surface area contributed by atoms with Crippen molar-refractivity contribution in [2.75, 3.05) is 20.1 Å². The molecule has 1 heterocycles. The van der Waals surface area contributed by atoms with E-state index >= 15 is 0 Å². The van der Waals surface area contributed by atoms with Gasteiger partial charge in [0.1, 0.15) is 0 Å². The molecule has 1 saturated heterocycles. The Labute approximate surface area is 187 Å². The fourth-order valence-electron chi connectivity index (χ4n) is 4.06. The number of sulfonamides is 1. The molecule has 5 nitrogen and oxygen atoms in total. The molecule has 6 heteroatoms. The summed E-state index contributed by atoms with van der Waals surface area (Å²) in [6.45, 7) is 7.62. The summed E-state index contributed by atoms with van der Waals surface area (Å²) in [5, 5.41) is 0. The minimum atomic E-state index is -3.52. The van der Waals surface area contributed by atoms with Crippen LogP contribution in [-0.2, 0) is 27.8 Å². The summed E-state index contributed by atoms with van der Waals surface area (Å²) in [5.41, 5.74) is 3.51. The summed E-state index contributed by atoms with van der Waals surface area (Å²) in [6, 6.07) is 15.5. The van der Waals surface area contributed by atoms with Crippen LogP contribution in [0.2, 0.25) is 0 Å². The van der Waals surface area contributed by atoms with E-state index in [2.05, 4.69) is 45.0 Å². The second kappa shape index (κ2) is 9.96. The number of benzene rings is 2. The molecule has 0 spiro atoms. The Kier molecular flexibility index (Phi) is 7.55. The van der Waals surface area contributed by atoms with E-state index in [0.29, 0.717) is 43.3 Å². The van der Waals surface area contributed by atoms with E-state index in [0.717, 1.165) is 17.5 Å². The largest absolute Gasteiger partial charge is 0.341 e. The normalized spacial score (nSPS) is 15.9. The second-order valence-electron chi connectivity index (χ2n) is 8.77. The van der Waals surface area contributed by atoms with Crippen molar-refractivity contribution < 1.29 is 13.2 Å². The summed E-state index contributed by atoms with van der Waals surface area (Å²) in [5.74, 6) is 0.327. The van der Waals surface area contributed by atoms with Crippen molar-refractivity contribution in [3.05, 3.63) is 65.2 Å². The first-order chi connectivity index (χ1) is 14.7. The standard InChI is InChI=1S/C25H34N2O3S/c1-5-20-6-8-21(9-7-20)18-26(4)25(28)23-14-16-27(17-15-23)31(29,30)24-12-10-22(11-13-24)19(2)3/h6-13,19,23H,5,14-18H2,1-4H3. The summed E-state index contributed by atoms with van der Waals surface area (Å²) in [4.78, 5) is 15.0. The fourth-order valence-corrected chi connectivity index (χ4v) is 5.53. The van der Waals surface area contributed by atoms with Crippen molar-refractivity contribution in [3.8, 4) is 0 Å². The Morgan fingerprint density at radius 3 is 2.06 bits per heavy atom. The number of carbonyl (C=O) groups excluding carboxylic acids is 1. The highest BCUT2D eigenvalue weighted by Crippen LogP contribution is 2.26. The van der Waals surface area contributed by atoms with Gasteiger partial charge in [-0.3, -0.25) is 4.79 Å². The third-order valence-electron chi connectivity index (χ3n) is 6.21. The van der Waals surface area contributed by atoms with Crippen molar-refractivity contribution >= 4 is 15.9 Å². The Morgan fingerprint density at radius 2 is 1.55 bits per heavy atom. The smallest absolute Gasteiger partial charge is 0.243 e. The Balaban J connectivity index is 1.58. The van der Waals surface area contributed by atoms with Crippen LogP contribution >= 0.6 is 0 Å². The van der Waals surface area contributed by atoms with E-state index in [-0.39, 0.29) is 11.8 Å². The lowest BCUT2D eigenvalue weighted by Crippen LogP contribution is -2.43. The third kappa shape index (κ3) is 5.55. The average Bonchev–Trinajstić information content (AvgIpc) is 2.79. The molecule has 0 unspecified atom stereocenters. The number of nitrogens with zero attached hydrogens (tertiary/aromatic N) is 2. The van der Waals surface area contributed by atoms with Gasteiger partial charge in [-0.05, 0) is 54.0 Å². The molecule has 0 atom stereocenters. The zero-order valence-electron chi connectivity index (χ0n) is 19.0. The molecule has 2 aromatic rings. The quantitative estimate of drug-likeness (QED) is 0.637. The number of aryl methyl sites for hydroxylation is 1. The van der Waals surface area contributed by atoms with Crippen LogP contribution in [0.15, 0.2) is 53.4 Å². The van der Waals surface area contributed by atoms with E-state index in [1.807, 2.05) is 19.2 Å². The van der Waals surface area contributed by atoms with E-state index in [1.54, 1.807) is 17.0 Å². The molecule has 3 rings (SSSR count). The van der Waals surface area contributed by atoms with Crippen molar-refractivity contribution in [1.29, 1.82) is 0 Å². The first kappa shape index (κ1) is 23.5. The predicted molar refractivity (Wildman–Crippen MR) is 124 cm³/mol. The summed E-state index contributed by atoms with van der Waals surface area (Å²) in [6.07, 6.45) is 2.11. The topological polar surface area (TPSA) is 57.7 Å². The maximum absolute atomic E-state index is 13.0. The van der Waals surface area contributed by atoms with Gasteiger partial charge in [-0.2, -0.15) is 4.31 Å². The lowest BCUT2D eigenvalue weighted by atomic mass is 9.96. The molecule has 168 valence electrons. The van der Waals surface area contributed by atoms with Crippen LogP contribution in [0.25, 0.3) is 0 Å². The van der Waals surface area contributed by atoms with E-state index in [4.69, 9.17) is 0 Å². The number of piperidine rings is 1. The summed E-state index contributed by atoms with van der Waals surface area (Å²) >= 11 is 0. The molecule has 0 saturated carbocycles. The van der Waals surface area contributed by atoms with E-state index in [9.17, 15) is 13.2 Å². The van der Waals surface area contributed by atoms with Gasteiger partial charge in [0.2, 0.25) is 15.9 Å². The van der Waals surface area contributed by atoms with Gasteiger partial charge in [-0.25, -0.2) is 8.42 Å². The van der Waals surface area contributed by atoms with Gasteiger partial charge < -0.3 is 4.90 Å². The van der Waals surface area contributed by atoms with Crippen molar-refractivity contribution in [2.24, 2.45) is 5.92 Å². The molecule has 0 bridgehead atoms. The molecular formula is C25H34N2O3S. The number of amides is 1. The van der Waals surface area contributed by atoms with Crippen molar-refractivity contribution in [2.45, 2.75) is 57.4 Å². The SMILES string of the molecule is CCc1ccc(CN(C)C(=O)C2CCN(S(=O)(=O)c3ccc(C(C)C)cc3)CC2)cc1. The molecule has 0 aromatic heterocycles. The van der Waals surface area contributed by atoms with Crippen molar-refractivity contribution in [1.82, 2.24) is 9.21 Å². The maximum Gasteiger partial charge on any atom is 0.243 e. The molecule has 1 amide bonds. The summed E-state index contributed by atoms with van der Waals surface area (Å²) in [7, 11) is -1.69. The highest BCUT2D eigenvalue weighted by atomic mass is 32.2. The van der Waals surface area contributed by atoms with Crippen LogP contribution in [0.3, 0.4) is 0 Å². The average molecular weight is 443 g/mol. The highest BCUT2D eigenvalue weighted by molar-refractivity contribution is 7.89. The van der Waals surface area contributed by atoms with Crippen LogP contribution < -0.4 is 0 Å². The van der Waals surface area contributed by atoms with Crippen LogP contribution in [-0.4, -0.2) is 43.7 Å². The van der Waals surface area contributed by atoms with Gasteiger partial charge in [0.15, 0.2) is 0 Å². The van der Waals surface area contributed by atoms with Gasteiger partial charge in [0.25, 0.3) is 0 Å². The number of hydrogen-bond donors (Lipinski definition) is 0. The number of carbonyl (C=O) groups is 1. The molecular weight excluding hydrogens is 408 g/mol. The van der Waals surface area contributed by atoms with Crippen LogP contribution in [0, 0.1) is 5.92 Å². The second-order valence-corrected chi connectivity index (χ2v) is 10.7. The predicted octanol–water partition coefficient (Wildman–Crippen LogP) is 4.43. The van der Waals surface area contributed by atoms with E-state index in [1.165, 1.54) is 9.87 Å². The Hall–Kier alpha value is -2.18. The molecule has 0 aliphatic carbocycles. The van der Waals surface area contributed by atoms with Gasteiger partial charge in [0.05, 0.1) is 4.90 Å². The molecule has 31 heavy (non-hydrogen) atoms. The Bertz CT molecular complexity index is 974. The van der Waals surface area contributed by atoms with Gasteiger partial charge in [-0.1, -0.05) is 57.2 Å². The molecule has 1 aliphatic heterocycles. The zero-order valence-corrected chi connectivity index (χ0v) is 19.9. The minimum absolute atomic E-state index is 0.0953. The molecule has 1 aliphatic rings. The van der Waals surface area contributed by atoms with Crippen LogP contribution in [0.4, 0.5) is 0 Å². The van der Waals surface area contributed by atoms with Gasteiger partial charge in [-0.15, -0.1) is 0 Å². The minimum Gasteiger partial charge on any atom is -0.341 e. The first-order valence-corrected chi connectivity index (χ1v) is 12.6. The monoisotopic (exact) mass is 442 g/mol. The van der Waals surface area contributed by atoms with E-state index < -0.39 is 10.0 Å². The van der Waals surface area contributed by atoms with Crippen LogP contribution in [0.5, 0.6) is 0 Å². The summed E-state index contributed by atoms with van der Waals surface area (Å²) < 4.78 is 27.5. The lowest BCUT2D eigenvalue weighted by Gasteiger charge is -2.32. The first-order valence-electron chi connectivity index (χ1n) is 11.1. The zero-order chi connectivity index (χ0) is 22.6. The molecule has 2 aromatic carbocycles. The maximum atomic E-state index is 13.0. The van der Waals surface area contributed by atoms with Crippen molar-refractivity contribution in [3.63, 3.8) is 0 Å². The Morgan fingerprint density at radius 1 is 1.00 bits per heavy atom. The third-order valence-corrected chi connectivity index (χ3v) is 8.13. The van der Waals surface area contributed by atoms with Crippen LogP contribution in [0.1, 0.15) is 56.2 Å². The molecule has 1 fully saturated rings. The molecule has 0 radical (unpaired) electrons. The highest BCUT2D eigenvalue weighted by Gasteiger charge is 2.33. The number of hydrogen-bond acceptors (Lipinski definition) is 3. The lowest BCUT2D eigenvalue weighted by molar-refractivity contribution is -0.135. The van der Waals surface area contributed by atoms with Gasteiger partial charge >= 0.3 is 0 Å². The van der Waals surface area contributed by atoms with Gasteiger partial charge in [0, 0.05) is 32.6 Å². The molecule has 0 N–H and O–H groups in total. The fraction of sp³-hybridized carbons (Fsp3) is 0.480. The number of rotatable bonds is 7.